The predicted octanol–water partition coefficient (Wildman–Crippen LogP) is 1.88. The molecule has 0 spiro atoms. The third-order valence-corrected chi connectivity index (χ3v) is 2.96. The summed E-state index contributed by atoms with van der Waals surface area (Å²) in [6.45, 7) is 4.20. The SMILES string of the molecule is C1CCC2CCN(CC1)C2. The molecule has 0 saturated carbocycles. The molecular formula is C9H17N. The van der Waals surface area contributed by atoms with Gasteiger partial charge in [0.2, 0.25) is 0 Å². The van der Waals surface area contributed by atoms with Gasteiger partial charge in [-0.25, -0.2) is 0 Å². The summed E-state index contributed by atoms with van der Waals surface area (Å²) in [5, 5.41) is 0. The Bertz CT molecular complexity index is 99.3. The van der Waals surface area contributed by atoms with Crippen molar-refractivity contribution in [3.63, 3.8) is 0 Å². The maximum atomic E-state index is 2.64. The van der Waals surface area contributed by atoms with Crippen LogP contribution in [0.25, 0.3) is 0 Å². The highest BCUT2D eigenvalue weighted by Crippen LogP contribution is 2.24. The first-order chi connectivity index (χ1) is 4.95. The van der Waals surface area contributed by atoms with E-state index in [1.54, 1.807) is 0 Å². The van der Waals surface area contributed by atoms with E-state index in [9.17, 15) is 0 Å². The first kappa shape index (κ1) is 6.66. The van der Waals surface area contributed by atoms with E-state index < -0.39 is 0 Å². The molecule has 2 saturated heterocycles. The average molecular weight is 139 g/mol. The van der Waals surface area contributed by atoms with Crippen LogP contribution in [0.4, 0.5) is 0 Å². The van der Waals surface area contributed by atoms with Gasteiger partial charge in [0.15, 0.2) is 0 Å². The van der Waals surface area contributed by atoms with Crippen molar-refractivity contribution in [3.8, 4) is 0 Å². The Hall–Kier alpha value is -0.0400. The highest BCUT2D eigenvalue weighted by Gasteiger charge is 2.22. The molecule has 0 amide bonds. The van der Waals surface area contributed by atoms with Crippen LogP contribution in [0.3, 0.4) is 0 Å². The van der Waals surface area contributed by atoms with Gasteiger partial charge in [-0.05, 0) is 38.3 Å². The van der Waals surface area contributed by atoms with E-state index in [-0.39, 0.29) is 0 Å². The molecule has 2 heterocycles. The van der Waals surface area contributed by atoms with Crippen LogP contribution in [0, 0.1) is 5.92 Å². The minimum Gasteiger partial charge on any atom is -0.303 e. The Morgan fingerprint density at radius 2 is 1.90 bits per heavy atom. The van der Waals surface area contributed by atoms with Crippen LogP contribution in [0.1, 0.15) is 32.1 Å². The van der Waals surface area contributed by atoms with Gasteiger partial charge in [0.05, 0.1) is 0 Å². The normalized spacial score (nSPS) is 40.8. The lowest BCUT2D eigenvalue weighted by molar-refractivity contribution is 0.293. The number of hydrogen-bond acceptors (Lipinski definition) is 1. The van der Waals surface area contributed by atoms with Crippen LogP contribution in [-0.4, -0.2) is 24.5 Å². The lowest BCUT2D eigenvalue weighted by Gasteiger charge is -2.18. The van der Waals surface area contributed by atoms with Gasteiger partial charge in [0, 0.05) is 6.54 Å². The maximum absolute atomic E-state index is 2.64. The summed E-state index contributed by atoms with van der Waals surface area (Å²) in [6, 6.07) is 0. The average Bonchev–Trinajstić information content (AvgIpc) is 2.30. The Labute approximate surface area is 63.4 Å². The van der Waals surface area contributed by atoms with Gasteiger partial charge in [-0.3, -0.25) is 0 Å². The summed E-state index contributed by atoms with van der Waals surface area (Å²) < 4.78 is 0. The molecule has 2 aliphatic heterocycles. The summed E-state index contributed by atoms with van der Waals surface area (Å²) in [4.78, 5) is 2.64. The second kappa shape index (κ2) is 2.91. The molecule has 2 atom stereocenters. The zero-order valence-corrected chi connectivity index (χ0v) is 6.68. The molecule has 2 unspecified atom stereocenters. The zero-order valence-electron chi connectivity index (χ0n) is 6.68. The van der Waals surface area contributed by atoms with Gasteiger partial charge >= 0.3 is 0 Å². The summed E-state index contributed by atoms with van der Waals surface area (Å²) >= 11 is 0. The van der Waals surface area contributed by atoms with Crippen molar-refractivity contribution in [1.82, 2.24) is 4.90 Å². The zero-order chi connectivity index (χ0) is 6.81. The molecule has 58 valence electrons. The van der Waals surface area contributed by atoms with E-state index in [0.717, 1.165) is 5.92 Å². The lowest BCUT2D eigenvalue weighted by atomic mass is 10.00. The van der Waals surface area contributed by atoms with Crippen LogP contribution in [0.5, 0.6) is 0 Å². The first-order valence-electron chi connectivity index (χ1n) is 4.67. The van der Waals surface area contributed by atoms with E-state index >= 15 is 0 Å². The fraction of sp³-hybridized carbons (Fsp3) is 1.00. The lowest BCUT2D eigenvalue weighted by Crippen LogP contribution is -2.23. The monoisotopic (exact) mass is 139 g/mol. The minimum absolute atomic E-state index is 1.07. The third kappa shape index (κ3) is 1.34. The standard InChI is InChI=1S/C9H17N/c1-2-4-9-5-7-10(8-9)6-3-1/h9H,1-8H2. The molecule has 2 fully saturated rings. The van der Waals surface area contributed by atoms with Gasteiger partial charge in [-0.15, -0.1) is 0 Å². The van der Waals surface area contributed by atoms with Crippen molar-refractivity contribution in [2.75, 3.05) is 19.6 Å². The predicted molar refractivity (Wildman–Crippen MR) is 43.0 cm³/mol. The highest BCUT2D eigenvalue weighted by atomic mass is 15.1. The highest BCUT2D eigenvalue weighted by molar-refractivity contribution is 4.77. The van der Waals surface area contributed by atoms with Crippen molar-refractivity contribution < 1.29 is 0 Å². The molecular weight excluding hydrogens is 122 g/mol. The molecule has 0 radical (unpaired) electrons. The quantitative estimate of drug-likeness (QED) is 0.495. The van der Waals surface area contributed by atoms with E-state index in [1.807, 2.05) is 0 Å². The van der Waals surface area contributed by atoms with Gasteiger partial charge < -0.3 is 4.90 Å². The van der Waals surface area contributed by atoms with Crippen LogP contribution < -0.4 is 0 Å². The molecule has 1 heteroatoms. The van der Waals surface area contributed by atoms with Crippen molar-refractivity contribution >= 4 is 0 Å². The van der Waals surface area contributed by atoms with Crippen LogP contribution in [-0.2, 0) is 0 Å². The second-order valence-corrected chi connectivity index (χ2v) is 3.80. The largest absolute Gasteiger partial charge is 0.303 e. The van der Waals surface area contributed by atoms with Crippen LogP contribution >= 0.6 is 0 Å². The maximum Gasteiger partial charge on any atom is 0.00101 e. The molecule has 0 N–H and O–H groups in total. The second-order valence-electron chi connectivity index (χ2n) is 3.80. The Morgan fingerprint density at radius 3 is 2.90 bits per heavy atom. The number of hydrogen-bond donors (Lipinski definition) is 0. The Kier molecular flexibility index (Phi) is 1.94. The Morgan fingerprint density at radius 1 is 0.900 bits per heavy atom. The van der Waals surface area contributed by atoms with Crippen molar-refractivity contribution in [1.29, 1.82) is 0 Å². The molecule has 2 rings (SSSR count). The van der Waals surface area contributed by atoms with E-state index in [1.165, 1.54) is 51.7 Å². The topological polar surface area (TPSA) is 3.24 Å². The van der Waals surface area contributed by atoms with E-state index in [0.29, 0.717) is 0 Å². The van der Waals surface area contributed by atoms with Gasteiger partial charge in [-0.2, -0.15) is 0 Å². The van der Waals surface area contributed by atoms with Crippen molar-refractivity contribution in [2.24, 2.45) is 5.92 Å². The summed E-state index contributed by atoms with van der Waals surface area (Å²) in [7, 11) is 0. The van der Waals surface area contributed by atoms with E-state index in [4.69, 9.17) is 0 Å². The first-order valence-corrected chi connectivity index (χ1v) is 4.67. The molecule has 2 aliphatic rings. The van der Waals surface area contributed by atoms with Gasteiger partial charge in [0.25, 0.3) is 0 Å². The summed E-state index contributed by atoms with van der Waals surface area (Å²) in [5.41, 5.74) is 0. The Balaban J connectivity index is 1.91. The number of rotatable bonds is 0. The fourth-order valence-corrected chi connectivity index (χ4v) is 2.30. The van der Waals surface area contributed by atoms with E-state index in [2.05, 4.69) is 4.90 Å². The smallest absolute Gasteiger partial charge is 0.00101 e. The molecule has 0 aliphatic carbocycles. The molecule has 2 bridgehead atoms. The molecule has 1 nitrogen and oxygen atoms in total. The third-order valence-electron chi connectivity index (χ3n) is 2.96. The molecule has 0 aromatic heterocycles. The summed E-state index contributed by atoms with van der Waals surface area (Å²) in [5.74, 6) is 1.07. The molecule has 10 heavy (non-hydrogen) atoms. The van der Waals surface area contributed by atoms with Crippen molar-refractivity contribution in [3.05, 3.63) is 0 Å². The number of fused-ring (bicyclic) bond motifs is 2. The van der Waals surface area contributed by atoms with Crippen LogP contribution in [0.15, 0.2) is 0 Å². The van der Waals surface area contributed by atoms with Crippen molar-refractivity contribution in [2.45, 2.75) is 32.1 Å². The summed E-state index contributed by atoms with van der Waals surface area (Å²) in [6.07, 6.45) is 7.43. The minimum atomic E-state index is 1.07. The molecule has 0 aromatic carbocycles. The fourth-order valence-electron chi connectivity index (χ4n) is 2.30. The molecule has 0 aromatic rings. The van der Waals surface area contributed by atoms with Gasteiger partial charge in [0.1, 0.15) is 0 Å². The van der Waals surface area contributed by atoms with Gasteiger partial charge in [-0.1, -0.05) is 12.8 Å². The van der Waals surface area contributed by atoms with Crippen LogP contribution in [0.2, 0.25) is 0 Å². The number of nitrogens with zero attached hydrogens (tertiary/aromatic N) is 1.